The first kappa shape index (κ1) is 9.45. The van der Waals surface area contributed by atoms with Gasteiger partial charge in [0.25, 0.3) is 0 Å². The minimum atomic E-state index is -1.02. The third-order valence-corrected chi connectivity index (χ3v) is 3.19. The van der Waals surface area contributed by atoms with Gasteiger partial charge in [-0.3, -0.25) is 9.59 Å². The van der Waals surface area contributed by atoms with Gasteiger partial charge in [-0.15, -0.1) is 0 Å². The van der Waals surface area contributed by atoms with Crippen molar-refractivity contribution in [1.29, 1.82) is 0 Å². The van der Waals surface area contributed by atoms with Crippen molar-refractivity contribution in [2.24, 2.45) is 11.7 Å². The average Bonchev–Trinajstić information content (AvgIpc) is 2.46. The zero-order valence-corrected chi connectivity index (χ0v) is 7.85. The Morgan fingerprint density at radius 1 is 1.57 bits per heavy atom. The van der Waals surface area contributed by atoms with Gasteiger partial charge >= 0.3 is 5.97 Å². The maximum Gasteiger partial charge on any atom is 0.316 e. The third-order valence-electron chi connectivity index (χ3n) is 3.19. The van der Waals surface area contributed by atoms with Crippen molar-refractivity contribution < 1.29 is 14.7 Å². The molecular weight excluding hydrogens is 184 g/mol. The van der Waals surface area contributed by atoms with Crippen molar-refractivity contribution in [3.05, 3.63) is 0 Å². The van der Waals surface area contributed by atoms with E-state index in [9.17, 15) is 9.59 Å². The van der Waals surface area contributed by atoms with Gasteiger partial charge in [0.2, 0.25) is 5.91 Å². The lowest BCUT2D eigenvalue weighted by molar-refractivity contribution is -0.147. The van der Waals surface area contributed by atoms with Crippen LogP contribution in [0.2, 0.25) is 0 Å². The van der Waals surface area contributed by atoms with Crippen LogP contribution >= 0.6 is 0 Å². The summed E-state index contributed by atoms with van der Waals surface area (Å²) >= 11 is 0. The maximum absolute atomic E-state index is 11.6. The molecular formula is C9H14N2O3. The molecule has 2 aliphatic heterocycles. The van der Waals surface area contributed by atoms with Crippen LogP contribution in [0.1, 0.15) is 19.3 Å². The molecule has 2 heterocycles. The normalized spacial score (nSPS) is 37.1. The molecule has 1 amide bonds. The second-order valence-corrected chi connectivity index (χ2v) is 4.03. The Labute approximate surface area is 81.9 Å². The molecule has 0 aliphatic carbocycles. The van der Waals surface area contributed by atoms with Gasteiger partial charge in [-0.2, -0.15) is 0 Å². The van der Waals surface area contributed by atoms with Crippen LogP contribution in [0.15, 0.2) is 0 Å². The highest BCUT2D eigenvalue weighted by molar-refractivity contribution is 5.98. The zero-order chi connectivity index (χ0) is 10.3. The minimum Gasteiger partial charge on any atom is -0.481 e. The van der Waals surface area contributed by atoms with Gasteiger partial charge in [-0.05, 0) is 19.3 Å². The van der Waals surface area contributed by atoms with Gasteiger partial charge < -0.3 is 15.7 Å². The van der Waals surface area contributed by atoms with E-state index < -0.39 is 11.9 Å². The standard InChI is InChI=1S/C9H14N2O3/c10-6-2-1-3-11-7(6)4-5(8(11)12)9(13)14/h5-7H,1-4,10H2,(H,13,14). The van der Waals surface area contributed by atoms with Crippen molar-refractivity contribution in [2.75, 3.05) is 6.54 Å². The summed E-state index contributed by atoms with van der Waals surface area (Å²) in [6, 6.07) is -0.0885. The van der Waals surface area contributed by atoms with E-state index >= 15 is 0 Å². The van der Waals surface area contributed by atoms with E-state index in [0.29, 0.717) is 13.0 Å². The number of amides is 1. The van der Waals surface area contributed by atoms with Crippen LogP contribution in [0, 0.1) is 5.92 Å². The van der Waals surface area contributed by atoms with Crippen molar-refractivity contribution in [3.63, 3.8) is 0 Å². The number of hydrogen-bond donors (Lipinski definition) is 2. The zero-order valence-electron chi connectivity index (χ0n) is 7.85. The number of carboxylic acids is 1. The predicted molar refractivity (Wildman–Crippen MR) is 48.5 cm³/mol. The average molecular weight is 198 g/mol. The summed E-state index contributed by atoms with van der Waals surface area (Å²) in [6.45, 7) is 0.668. The third kappa shape index (κ3) is 1.28. The monoisotopic (exact) mass is 198 g/mol. The topological polar surface area (TPSA) is 83.6 Å². The molecule has 0 saturated carbocycles. The molecule has 3 N–H and O–H groups in total. The number of nitrogens with zero attached hydrogens (tertiary/aromatic N) is 1. The van der Waals surface area contributed by atoms with Crippen LogP contribution in [-0.4, -0.2) is 40.5 Å². The van der Waals surface area contributed by atoms with Crippen molar-refractivity contribution >= 4 is 11.9 Å². The first-order chi connectivity index (χ1) is 6.61. The number of carboxylic acid groups (broad SMARTS) is 1. The van der Waals surface area contributed by atoms with E-state index in [1.165, 1.54) is 0 Å². The van der Waals surface area contributed by atoms with Gasteiger partial charge in [0.05, 0.1) is 0 Å². The number of nitrogens with two attached hydrogens (primary N) is 1. The summed E-state index contributed by atoms with van der Waals surface area (Å²) in [6.07, 6.45) is 2.16. The minimum absolute atomic E-state index is 0.0441. The molecule has 2 rings (SSSR count). The molecule has 0 aromatic carbocycles. The lowest BCUT2D eigenvalue weighted by Crippen LogP contribution is -2.49. The molecule has 3 atom stereocenters. The number of carbonyl (C=O) groups excluding carboxylic acids is 1. The van der Waals surface area contributed by atoms with Crippen LogP contribution in [0.25, 0.3) is 0 Å². The lowest BCUT2D eigenvalue weighted by Gasteiger charge is -2.34. The molecule has 14 heavy (non-hydrogen) atoms. The highest BCUT2D eigenvalue weighted by Gasteiger charge is 2.46. The Kier molecular flexibility index (Phi) is 2.19. The van der Waals surface area contributed by atoms with Crippen LogP contribution in [0.5, 0.6) is 0 Å². The van der Waals surface area contributed by atoms with Crippen molar-refractivity contribution in [2.45, 2.75) is 31.3 Å². The number of rotatable bonds is 1. The van der Waals surface area contributed by atoms with Crippen molar-refractivity contribution in [3.8, 4) is 0 Å². The van der Waals surface area contributed by atoms with E-state index in [4.69, 9.17) is 10.8 Å². The molecule has 0 spiro atoms. The van der Waals surface area contributed by atoms with Crippen LogP contribution in [-0.2, 0) is 9.59 Å². The highest BCUT2D eigenvalue weighted by Crippen LogP contribution is 2.31. The van der Waals surface area contributed by atoms with Gasteiger partial charge in [0.1, 0.15) is 5.92 Å². The van der Waals surface area contributed by atoms with E-state index in [1.807, 2.05) is 0 Å². The Morgan fingerprint density at radius 3 is 2.86 bits per heavy atom. The van der Waals surface area contributed by atoms with Gasteiger partial charge in [-0.25, -0.2) is 0 Å². The Morgan fingerprint density at radius 2 is 2.29 bits per heavy atom. The van der Waals surface area contributed by atoms with Gasteiger partial charge in [0.15, 0.2) is 0 Å². The smallest absolute Gasteiger partial charge is 0.316 e. The quantitative estimate of drug-likeness (QED) is 0.551. The van der Waals surface area contributed by atoms with E-state index in [-0.39, 0.29) is 18.0 Å². The van der Waals surface area contributed by atoms with E-state index in [1.54, 1.807) is 4.90 Å². The highest BCUT2D eigenvalue weighted by atomic mass is 16.4. The molecule has 3 unspecified atom stereocenters. The number of fused-ring (bicyclic) bond motifs is 1. The number of carbonyl (C=O) groups is 2. The summed E-state index contributed by atoms with van der Waals surface area (Å²) in [5, 5.41) is 8.83. The maximum atomic E-state index is 11.6. The summed E-state index contributed by atoms with van der Waals surface area (Å²) in [7, 11) is 0. The molecule has 2 saturated heterocycles. The van der Waals surface area contributed by atoms with E-state index in [0.717, 1.165) is 12.8 Å². The molecule has 78 valence electrons. The largest absolute Gasteiger partial charge is 0.481 e. The molecule has 5 heteroatoms. The first-order valence-electron chi connectivity index (χ1n) is 4.90. The predicted octanol–water partition coefficient (Wildman–Crippen LogP) is -0.591. The Bertz CT molecular complexity index is 279. The number of hydrogen-bond acceptors (Lipinski definition) is 3. The molecule has 0 aromatic rings. The second-order valence-electron chi connectivity index (χ2n) is 4.03. The molecule has 0 radical (unpaired) electrons. The Hall–Kier alpha value is -1.10. The fourth-order valence-electron chi connectivity index (χ4n) is 2.41. The number of aliphatic carboxylic acids is 1. The molecule has 0 bridgehead atoms. The molecule has 2 aliphatic rings. The molecule has 5 nitrogen and oxygen atoms in total. The summed E-state index contributed by atoms with van der Waals surface area (Å²) < 4.78 is 0. The van der Waals surface area contributed by atoms with Crippen LogP contribution in [0.3, 0.4) is 0 Å². The van der Waals surface area contributed by atoms with Crippen LogP contribution < -0.4 is 5.73 Å². The van der Waals surface area contributed by atoms with Gasteiger partial charge in [0, 0.05) is 18.6 Å². The summed E-state index contributed by atoms with van der Waals surface area (Å²) in [5.41, 5.74) is 5.86. The number of piperidine rings is 1. The fourth-order valence-corrected chi connectivity index (χ4v) is 2.41. The Balaban J connectivity index is 2.18. The molecule has 0 aromatic heterocycles. The second kappa shape index (κ2) is 3.24. The van der Waals surface area contributed by atoms with Crippen LogP contribution in [0.4, 0.5) is 0 Å². The fraction of sp³-hybridized carbons (Fsp3) is 0.778. The summed E-state index contributed by atoms with van der Waals surface area (Å²) in [4.78, 5) is 24.0. The molecule has 2 fully saturated rings. The van der Waals surface area contributed by atoms with Crippen molar-refractivity contribution in [1.82, 2.24) is 4.90 Å². The van der Waals surface area contributed by atoms with Gasteiger partial charge in [-0.1, -0.05) is 0 Å². The lowest BCUT2D eigenvalue weighted by atomic mass is 9.95. The SMILES string of the molecule is NC1CCCN2C(=O)C(C(=O)O)CC12. The summed E-state index contributed by atoms with van der Waals surface area (Å²) in [5.74, 6) is -2.13. The van der Waals surface area contributed by atoms with E-state index in [2.05, 4.69) is 0 Å². The first-order valence-corrected chi connectivity index (χ1v) is 4.90.